The van der Waals surface area contributed by atoms with Crippen LogP contribution in [-0.4, -0.2) is 19.8 Å². The molecule has 0 radical (unpaired) electrons. The van der Waals surface area contributed by atoms with Crippen molar-refractivity contribution in [2.75, 3.05) is 19.8 Å². The van der Waals surface area contributed by atoms with Crippen LogP contribution in [0.15, 0.2) is 18.2 Å². The molecule has 1 saturated heterocycles. The highest BCUT2D eigenvalue weighted by molar-refractivity contribution is 6.42. The van der Waals surface area contributed by atoms with E-state index in [-0.39, 0.29) is 6.04 Å². The highest BCUT2D eigenvalue weighted by atomic mass is 35.5. The largest absolute Gasteiger partial charge is 0.381 e. The van der Waals surface area contributed by atoms with Gasteiger partial charge < -0.3 is 10.1 Å². The van der Waals surface area contributed by atoms with Gasteiger partial charge in [0.2, 0.25) is 0 Å². The fourth-order valence-corrected chi connectivity index (χ4v) is 2.65. The lowest BCUT2D eigenvalue weighted by Crippen LogP contribution is -2.37. The molecule has 0 saturated carbocycles. The number of ether oxygens (including phenoxy) is 1. The first kappa shape index (κ1) is 15.1. The number of hydrogen-bond acceptors (Lipinski definition) is 2. The Kier molecular flexibility index (Phi) is 5.13. The SMILES string of the molecule is CC(NCC1(C)CCOCC1)c1ccc(Cl)c(Cl)c1. The molecule has 1 aromatic rings. The van der Waals surface area contributed by atoms with Crippen LogP contribution < -0.4 is 5.32 Å². The lowest BCUT2D eigenvalue weighted by molar-refractivity contribution is 0.0231. The molecule has 1 fully saturated rings. The standard InChI is InChI=1S/C15H21Cl2NO/c1-11(12-3-4-13(16)14(17)9-12)18-10-15(2)5-7-19-8-6-15/h3-4,9,11,18H,5-8,10H2,1-2H3. The second-order valence-electron chi connectivity index (χ2n) is 5.70. The first-order chi connectivity index (χ1) is 9.00. The van der Waals surface area contributed by atoms with E-state index in [1.54, 1.807) is 0 Å². The summed E-state index contributed by atoms with van der Waals surface area (Å²) >= 11 is 12.0. The van der Waals surface area contributed by atoms with E-state index < -0.39 is 0 Å². The third-order valence-corrected chi connectivity index (χ3v) is 4.72. The van der Waals surface area contributed by atoms with Crippen molar-refractivity contribution in [3.63, 3.8) is 0 Å². The Bertz CT molecular complexity index is 430. The van der Waals surface area contributed by atoms with Gasteiger partial charge in [0, 0.05) is 25.8 Å². The van der Waals surface area contributed by atoms with Crippen LogP contribution >= 0.6 is 23.2 Å². The van der Waals surface area contributed by atoms with Crippen molar-refractivity contribution in [2.45, 2.75) is 32.7 Å². The summed E-state index contributed by atoms with van der Waals surface area (Å²) in [6.07, 6.45) is 2.24. The lowest BCUT2D eigenvalue weighted by atomic mass is 9.82. The van der Waals surface area contributed by atoms with Gasteiger partial charge in [0.25, 0.3) is 0 Å². The zero-order valence-electron chi connectivity index (χ0n) is 11.5. The van der Waals surface area contributed by atoms with Crippen LogP contribution in [0, 0.1) is 5.41 Å². The van der Waals surface area contributed by atoms with Gasteiger partial charge in [0.1, 0.15) is 0 Å². The molecule has 2 rings (SSSR count). The van der Waals surface area contributed by atoms with E-state index in [9.17, 15) is 0 Å². The van der Waals surface area contributed by atoms with Crippen molar-refractivity contribution in [3.8, 4) is 0 Å². The van der Waals surface area contributed by atoms with Gasteiger partial charge in [0.15, 0.2) is 0 Å². The lowest BCUT2D eigenvalue weighted by Gasteiger charge is -2.34. The Morgan fingerprint density at radius 3 is 2.58 bits per heavy atom. The minimum absolute atomic E-state index is 0.273. The molecule has 0 aliphatic carbocycles. The van der Waals surface area contributed by atoms with Crippen LogP contribution in [0.2, 0.25) is 10.0 Å². The van der Waals surface area contributed by atoms with Gasteiger partial charge in [-0.25, -0.2) is 0 Å². The summed E-state index contributed by atoms with van der Waals surface area (Å²) in [5, 5.41) is 4.82. The summed E-state index contributed by atoms with van der Waals surface area (Å²) in [5.41, 5.74) is 1.51. The summed E-state index contributed by atoms with van der Waals surface area (Å²) in [6.45, 7) is 7.22. The van der Waals surface area contributed by atoms with Gasteiger partial charge in [-0.15, -0.1) is 0 Å². The Hall–Kier alpha value is -0.280. The Morgan fingerprint density at radius 2 is 1.95 bits per heavy atom. The summed E-state index contributed by atoms with van der Waals surface area (Å²) in [4.78, 5) is 0. The number of halogens is 2. The molecule has 1 unspecified atom stereocenters. The molecular formula is C15H21Cl2NO. The zero-order chi connectivity index (χ0) is 13.9. The third kappa shape index (κ3) is 4.09. The van der Waals surface area contributed by atoms with Crippen molar-refractivity contribution in [2.24, 2.45) is 5.41 Å². The molecule has 1 aliphatic heterocycles. The number of nitrogens with one attached hydrogen (secondary N) is 1. The van der Waals surface area contributed by atoms with Crippen molar-refractivity contribution < 1.29 is 4.74 Å². The summed E-state index contributed by atoms with van der Waals surface area (Å²) < 4.78 is 5.43. The van der Waals surface area contributed by atoms with Gasteiger partial charge in [-0.05, 0) is 42.9 Å². The second kappa shape index (κ2) is 6.45. The number of rotatable bonds is 4. The van der Waals surface area contributed by atoms with E-state index in [0.717, 1.165) is 32.6 Å². The van der Waals surface area contributed by atoms with Crippen LogP contribution in [0.1, 0.15) is 38.3 Å². The topological polar surface area (TPSA) is 21.3 Å². The molecule has 0 amide bonds. The molecule has 1 aliphatic rings. The first-order valence-corrected chi connectivity index (χ1v) is 7.52. The van der Waals surface area contributed by atoms with E-state index in [0.29, 0.717) is 15.5 Å². The van der Waals surface area contributed by atoms with Gasteiger partial charge in [-0.1, -0.05) is 36.2 Å². The zero-order valence-corrected chi connectivity index (χ0v) is 13.0. The Balaban J connectivity index is 1.93. The van der Waals surface area contributed by atoms with Crippen LogP contribution in [0.25, 0.3) is 0 Å². The smallest absolute Gasteiger partial charge is 0.0595 e. The van der Waals surface area contributed by atoms with Crippen molar-refractivity contribution in [3.05, 3.63) is 33.8 Å². The average molecular weight is 302 g/mol. The Labute approximate surface area is 125 Å². The maximum atomic E-state index is 6.06. The van der Waals surface area contributed by atoms with Crippen LogP contribution in [0.4, 0.5) is 0 Å². The van der Waals surface area contributed by atoms with Crippen LogP contribution in [0.5, 0.6) is 0 Å². The maximum Gasteiger partial charge on any atom is 0.0595 e. The normalized spacial score (nSPS) is 20.2. The van der Waals surface area contributed by atoms with E-state index in [1.807, 2.05) is 18.2 Å². The molecule has 0 bridgehead atoms. The second-order valence-corrected chi connectivity index (χ2v) is 6.51. The molecule has 1 N–H and O–H groups in total. The molecular weight excluding hydrogens is 281 g/mol. The van der Waals surface area contributed by atoms with E-state index >= 15 is 0 Å². The minimum Gasteiger partial charge on any atom is -0.381 e. The fraction of sp³-hybridized carbons (Fsp3) is 0.600. The predicted octanol–water partition coefficient (Wildman–Crippen LogP) is 4.46. The third-order valence-electron chi connectivity index (χ3n) is 3.98. The van der Waals surface area contributed by atoms with E-state index in [1.165, 1.54) is 5.56 Å². The van der Waals surface area contributed by atoms with Gasteiger partial charge in [-0.2, -0.15) is 0 Å². The fourth-order valence-electron chi connectivity index (χ4n) is 2.34. The monoisotopic (exact) mass is 301 g/mol. The van der Waals surface area contributed by atoms with Gasteiger partial charge in [0.05, 0.1) is 10.0 Å². The molecule has 0 aromatic heterocycles. The van der Waals surface area contributed by atoms with Gasteiger partial charge in [-0.3, -0.25) is 0 Å². The highest BCUT2D eigenvalue weighted by Crippen LogP contribution is 2.30. The van der Waals surface area contributed by atoms with Crippen molar-refractivity contribution in [1.82, 2.24) is 5.32 Å². The maximum absolute atomic E-state index is 6.06. The summed E-state index contributed by atoms with van der Waals surface area (Å²) in [7, 11) is 0. The predicted molar refractivity (Wildman–Crippen MR) is 81.0 cm³/mol. The highest BCUT2D eigenvalue weighted by Gasteiger charge is 2.27. The molecule has 2 nitrogen and oxygen atoms in total. The molecule has 1 atom stereocenters. The Morgan fingerprint density at radius 1 is 1.26 bits per heavy atom. The molecule has 1 heterocycles. The molecule has 0 spiro atoms. The van der Waals surface area contributed by atoms with Gasteiger partial charge >= 0.3 is 0 Å². The van der Waals surface area contributed by atoms with Crippen molar-refractivity contribution in [1.29, 1.82) is 0 Å². The van der Waals surface area contributed by atoms with Crippen LogP contribution in [-0.2, 0) is 4.74 Å². The number of hydrogen-bond donors (Lipinski definition) is 1. The average Bonchev–Trinajstić information content (AvgIpc) is 2.40. The van der Waals surface area contributed by atoms with E-state index in [4.69, 9.17) is 27.9 Å². The molecule has 4 heteroatoms. The van der Waals surface area contributed by atoms with Crippen LogP contribution in [0.3, 0.4) is 0 Å². The summed E-state index contributed by atoms with van der Waals surface area (Å²) in [6, 6.07) is 6.09. The minimum atomic E-state index is 0.273. The first-order valence-electron chi connectivity index (χ1n) is 6.76. The molecule has 106 valence electrons. The summed E-state index contributed by atoms with van der Waals surface area (Å²) in [5.74, 6) is 0. The van der Waals surface area contributed by atoms with Crippen molar-refractivity contribution >= 4 is 23.2 Å². The molecule has 19 heavy (non-hydrogen) atoms. The van der Waals surface area contributed by atoms with E-state index in [2.05, 4.69) is 19.2 Å². The number of benzene rings is 1. The molecule has 1 aromatic carbocycles. The quantitative estimate of drug-likeness (QED) is 0.886.